The number of aromatic hydroxyl groups is 1. The third-order valence-corrected chi connectivity index (χ3v) is 4.91. The van der Waals surface area contributed by atoms with E-state index < -0.39 is 5.54 Å². The monoisotopic (exact) mass is 304 g/mol. The lowest BCUT2D eigenvalue weighted by molar-refractivity contribution is -0.121. The minimum Gasteiger partial charge on any atom is -0.508 e. The van der Waals surface area contributed by atoms with E-state index >= 15 is 0 Å². The minimum absolute atomic E-state index is 0.100. The maximum absolute atomic E-state index is 12.3. The topological polar surface area (TPSA) is 73.1 Å². The Hall–Kier alpha value is -1.67. The summed E-state index contributed by atoms with van der Waals surface area (Å²) >= 11 is 1.43. The Labute approximate surface area is 129 Å². The fourth-order valence-corrected chi connectivity index (χ4v) is 3.41. The Balaban J connectivity index is 1.95. The fraction of sp³-hybridized carbons (Fsp3) is 0.500. The Morgan fingerprint density at radius 3 is 2.52 bits per heavy atom. The SMILES string of the molecule is C[C@H](Sc1ccc(O)cc1)C(=O)NC1(C#N)CCCCC1. The van der Waals surface area contributed by atoms with Crippen LogP contribution in [0.3, 0.4) is 0 Å². The standard InChI is InChI=1S/C16H20N2O2S/c1-12(21-14-7-5-13(19)6-8-14)15(20)18-16(11-17)9-3-2-4-10-16/h5-8,12,19H,2-4,9-10H2,1H3,(H,18,20)/t12-/m0/s1. The second-order valence-electron chi connectivity index (χ2n) is 5.50. The van der Waals surface area contributed by atoms with Crippen LogP contribution in [0.1, 0.15) is 39.0 Å². The molecule has 5 heteroatoms. The summed E-state index contributed by atoms with van der Waals surface area (Å²) in [7, 11) is 0. The van der Waals surface area contributed by atoms with Crippen molar-refractivity contribution in [1.29, 1.82) is 5.26 Å². The molecule has 0 aliphatic heterocycles. The molecule has 1 saturated carbocycles. The molecule has 0 heterocycles. The molecule has 1 fully saturated rings. The van der Waals surface area contributed by atoms with Crippen LogP contribution in [-0.2, 0) is 4.79 Å². The Morgan fingerprint density at radius 2 is 1.95 bits per heavy atom. The average molecular weight is 304 g/mol. The molecule has 2 N–H and O–H groups in total. The highest BCUT2D eigenvalue weighted by Crippen LogP contribution is 2.29. The lowest BCUT2D eigenvalue weighted by Gasteiger charge is -2.32. The zero-order chi connectivity index (χ0) is 15.3. The zero-order valence-corrected chi connectivity index (χ0v) is 12.9. The number of nitriles is 1. The van der Waals surface area contributed by atoms with Gasteiger partial charge in [-0.3, -0.25) is 4.79 Å². The molecule has 1 aliphatic rings. The number of carbonyl (C=O) groups is 1. The smallest absolute Gasteiger partial charge is 0.234 e. The van der Waals surface area contributed by atoms with Gasteiger partial charge in [0.2, 0.25) is 5.91 Å². The van der Waals surface area contributed by atoms with Crippen molar-refractivity contribution in [2.24, 2.45) is 0 Å². The molecule has 0 unspecified atom stereocenters. The summed E-state index contributed by atoms with van der Waals surface area (Å²) in [6, 6.07) is 9.07. The number of thioether (sulfide) groups is 1. The van der Waals surface area contributed by atoms with Gasteiger partial charge >= 0.3 is 0 Å². The highest BCUT2D eigenvalue weighted by atomic mass is 32.2. The van der Waals surface area contributed by atoms with Crippen molar-refractivity contribution in [2.75, 3.05) is 0 Å². The van der Waals surface area contributed by atoms with Gasteiger partial charge in [0.25, 0.3) is 0 Å². The number of nitrogens with one attached hydrogen (secondary N) is 1. The first-order valence-corrected chi connectivity index (χ1v) is 8.12. The van der Waals surface area contributed by atoms with Crippen LogP contribution in [0.4, 0.5) is 0 Å². The molecule has 1 aliphatic carbocycles. The molecular weight excluding hydrogens is 284 g/mol. The van der Waals surface area contributed by atoms with Gasteiger partial charge in [-0.2, -0.15) is 5.26 Å². The molecule has 4 nitrogen and oxygen atoms in total. The molecule has 1 atom stereocenters. The molecule has 0 saturated heterocycles. The molecule has 2 rings (SSSR count). The van der Waals surface area contributed by atoms with Crippen molar-refractivity contribution in [3.8, 4) is 11.8 Å². The van der Waals surface area contributed by atoms with Gasteiger partial charge in [0.15, 0.2) is 0 Å². The maximum atomic E-state index is 12.3. The van der Waals surface area contributed by atoms with Gasteiger partial charge in [0.1, 0.15) is 11.3 Å². The predicted molar refractivity (Wildman–Crippen MR) is 83.0 cm³/mol. The normalized spacial score (nSPS) is 18.5. The van der Waals surface area contributed by atoms with Crippen molar-refractivity contribution in [3.63, 3.8) is 0 Å². The van der Waals surface area contributed by atoms with E-state index in [-0.39, 0.29) is 16.9 Å². The number of phenols is 1. The third kappa shape index (κ3) is 4.15. The largest absolute Gasteiger partial charge is 0.508 e. The van der Waals surface area contributed by atoms with Gasteiger partial charge in [0, 0.05) is 4.90 Å². The summed E-state index contributed by atoms with van der Waals surface area (Å²) in [5.74, 6) is 0.110. The lowest BCUT2D eigenvalue weighted by Crippen LogP contribution is -2.50. The molecule has 0 aromatic heterocycles. The predicted octanol–water partition coefficient (Wildman–Crippen LogP) is 3.22. The van der Waals surface area contributed by atoms with Gasteiger partial charge in [0.05, 0.1) is 11.3 Å². The van der Waals surface area contributed by atoms with Crippen LogP contribution in [0.15, 0.2) is 29.2 Å². The van der Waals surface area contributed by atoms with Crippen LogP contribution in [0.25, 0.3) is 0 Å². The first kappa shape index (κ1) is 15.7. The number of nitrogens with zero attached hydrogens (tertiary/aromatic N) is 1. The number of benzene rings is 1. The van der Waals surface area contributed by atoms with E-state index in [4.69, 9.17) is 0 Å². The van der Waals surface area contributed by atoms with Crippen LogP contribution in [0.2, 0.25) is 0 Å². The number of hydrogen-bond acceptors (Lipinski definition) is 4. The van der Waals surface area contributed by atoms with Crippen molar-refractivity contribution in [1.82, 2.24) is 5.32 Å². The Kier molecular flexibility index (Phi) is 5.13. The molecule has 0 spiro atoms. The van der Waals surface area contributed by atoms with Crippen LogP contribution < -0.4 is 5.32 Å². The van der Waals surface area contributed by atoms with E-state index in [1.54, 1.807) is 24.3 Å². The summed E-state index contributed by atoms with van der Waals surface area (Å²) in [5, 5.41) is 21.3. The molecule has 0 radical (unpaired) electrons. The highest BCUT2D eigenvalue weighted by molar-refractivity contribution is 8.00. The molecule has 1 amide bonds. The number of phenolic OH excluding ortho intramolecular Hbond substituents is 1. The summed E-state index contributed by atoms with van der Waals surface area (Å²) in [4.78, 5) is 13.2. The lowest BCUT2D eigenvalue weighted by atomic mass is 9.83. The van der Waals surface area contributed by atoms with Gasteiger partial charge < -0.3 is 10.4 Å². The molecule has 1 aromatic rings. The summed E-state index contributed by atoms with van der Waals surface area (Å²) in [6.07, 6.45) is 4.61. The molecule has 112 valence electrons. The maximum Gasteiger partial charge on any atom is 0.234 e. The third-order valence-electron chi connectivity index (χ3n) is 3.80. The molecule has 0 bridgehead atoms. The van der Waals surface area contributed by atoms with Crippen LogP contribution >= 0.6 is 11.8 Å². The van der Waals surface area contributed by atoms with Crippen molar-refractivity contribution < 1.29 is 9.90 Å². The van der Waals surface area contributed by atoms with E-state index in [1.165, 1.54) is 11.8 Å². The number of amides is 1. The van der Waals surface area contributed by atoms with Crippen molar-refractivity contribution in [2.45, 2.75) is 54.7 Å². The molecule has 1 aromatic carbocycles. The van der Waals surface area contributed by atoms with Crippen molar-refractivity contribution in [3.05, 3.63) is 24.3 Å². The van der Waals surface area contributed by atoms with E-state index in [9.17, 15) is 15.2 Å². The fourth-order valence-electron chi connectivity index (χ4n) is 2.54. The second kappa shape index (κ2) is 6.86. The first-order chi connectivity index (χ1) is 10.0. The Bertz CT molecular complexity index is 530. The van der Waals surface area contributed by atoms with E-state index in [2.05, 4.69) is 11.4 Å². The number of hydrogen-bond donors (Lipinski definition) is 2. The summed E-state index contributed by atoms with van der Waals surface area (Å²) in [6.45, 7) is 1.83. The minimum atomic E-state index is -0.681. The van der Waals surface area contributed by atoms with Gasteiger partial charge in [-0.1, -0.05) is 19.3 Å². The van der Waals surface area contributed by atoms with Gasteiger partial charge in [-0.15, -0.1) is 11.8 Å². The van der Waals surface area contributed by atoms with Crippen LogP contribution in [0, 0.1) is 11.3 Å². The van der Waals surface area contributed by atoms with Gasteiger partial charge in [-0.05, 0) is 44.0 Å². The van der Waals surface area contributed by atoms with Gasteiger partial charge in [-0.25, -0.2) is 0 Å². The van der Waals surface area contributed by atoms with E-state index in [0.29, 0.717) is 0 Å². The van der Waals surface area contributed by atoms with E-state index in [1.807, 2.05) is 6.92 Å². The second-order valence-corrected chi connectivity index (χ2v) is 6.91. The number of carbonyl (C=O) groups excluding carboxylic acids is 1. The van der Waals surface area contributed by atoms with E-state index in [0.717, 1.165) is 37.0 Å². The van der Waals surface area contributed by atoms with Crippen molar-refractivity contribution >= 4 is 17.7 Å². The highest BCUT2D eigenvalue weighted by Gasteiger charge is 2.34. The average Bonchev–Trinajstić information content (AvgIpc) is 2.50. The van der Waals surface area contributed by atoms with Crippen LogP contribution in [0.5, 0.6) is 5.75 Å². The quantitative estimate of drug-likeness (QED) is 0.838. The first-order valence-electron chi connectivity index (χ1n) is 7.24. The van der Waals surface area contributed by atoms with Crippen LogP contribution in [-0.4, -0.2) is 21.8 Å². The molecular formula is C16H20N2O2S. The summed E-state index contributed by atoms with van der Waals surface area (Å²) in [5.41, 5.74) is -0.681. The molecule has 21 heavy (non-hydrogen) atoms. The Morgan fingerprint density at radius 1 is 1.33 bits per heavy atom. The zero-order valence-electron chi connectivity index (χ0n) is 12.1. The summed E-state index contributed by atoms with van der Waals surface area (Å²) < 4.78 is 0. The number of rotatable bonds is 4.